The Morgan fingerprint density at radius 2 is 2.06 bits per heavy atom. The summed E-state index contributed by atoms with van der Waals surface area (Å²) < 4.78 is 1.13. The van der Waals surface area contributed by atoms with E-state index in [4.69, 9.17) is 11.5 Å². The van der Waals surface area contributed by atoms with Crippen LogP contribution in [0.25, 0.3) is 0 Å². The van der Waals surface area contributed by atoms with Crippen LogP contribution in [0.1, 0.15) is 21.6 Å². The lowest BCUT2D eigenvalue weighted by molar-refractivity contribution is 0.100. The van der Waals surface area contributed by atoms with E-state index in [1.54, 1.807) is 23.9 Å². The van der Waals surface area contributed by atoms with Crippen molar-refractivity contribution in [3.05, 3.63) is 41.1 Å². The fourth-order valence-electron chi connectivity index (χ4n) is 1.45. The molecule has 1 aromatic carbocycles. The van der Waals surface area contributed by atoms with E-state index >= 15 is 0 Å². The van der Waals surface area contributed by atoms with E-state index in [0.29, 0.717) is 10.7 Å². The molecule has 0 bridgehead atoms. The molecule has 0 fully saturated rings. The zero-order valence-corrected chi connectivity index (χ0v) is 11.5. The van der Waals surface area contributed by atoms with Gasteiger partial charge in [0.2, 0.25) is 5.91 Å². The van der Waals surface area contributed by atoms with Crippen LogP contribution < -0.4 is 11.5 Å². The number of hydrogen-bond donors (Lipinski definition) is 2. The molecule has 4 N–H and O–H groups in total. The van der Waals surface area contributed by atoms with E-state index in [9.17, 15) is 4.79 Å². The third-order valence-electron chi connectivity index (χ3n) is 2.38. The molecule has 1 aromatic heterocycles. The van der Waals surface area contributed by atoms with Crippen molar-refractivity contribution in [3.8, 4) is 0 Å². The Bertz CT molecular complexity index is 563. The first-order chi connectivity index (χ1) is 8.56. The molecule has 2 rings (SSSR count). The van der Waals surface area contributed by atoms with Crippen molar-refractivity contribution in [2.45, 2.75) is 16.9 Å². The average molecular weight is 279 g/mol. The quantitative estimate of drug-likeness (QED) is 0.842. The van der Waals surface area contributed by atoms with Gasteiger partial charge in [-0.1, -0.05) is 23.5 Å². The number of thiazole rings is 1. The highest BCUT2D eigenvalue weighted by molar-refractivity contribution is 8.00. The minimum Gasteiger partial charge on any atom is -0.375 e. The van der Waals surface area contributed by atoms with Crippen LogP contribution in [0.2, 0.25) is 0 Å². The number of hydrogen-bond acceptors (Lipinski definition) is 5. The predicted octanol–water partition coefficient (Wildman–Crippen LogP) is 2.42. The van der Waals surface area contributed by atoms with Crippen LogP contribution in [0.3, 0.4) is 0 Å². The summed E-state index contributed by atoms with van der Waals surface area (Å²) in [4.78, 5) is 15.1. The number of carbonyl (C=O) groups excluding carboxylic acids is 1. The lowest BCUT2D eigenvalue weighted by Gasteiger charge is -2.01. The first-order valence-electron chi connectivity index (χ1n) is 5.30. The molecule has 1 heterocycles. The Kier molecular flexibility index (Phi) is 3.88. The monoisotopic (exact) mass is 279 g/mol. The average Bonchev–Trinajstić information content (AvgIpc) is 2.66. The number of nitrogen functional groups attached to an aromatic ring is 1. The van der Waals surface area contributed by atoms with Crippen LogP contribution in [0.15, 0.2) is 28.5 Å². The highest BCUT2D eigenvalue weighted by Gasteiger charge is 2.06. The summed E-state index contributed by atoms with van der Waals surface area (Å²) in [5, 5.41) is 0.596. The van der Waals surface area contributed by atoms with Crippen molar-refractivity contribution in [2.75, 3.05) is 5.73 Å². The Balaban J connectivity index is 2.02. The first kappa shape index (κ1) is 12.9. The molecule has 18 heavy (non-hydrogen) atoms. The molecule has 0 spiro atoms. The second-order valence-electron chi connectivity index (χ2n) is 3.77. The van der Waals surface area contributed by atoms with Crippen LogP contribution in [0.4, 0.5) is 5.13 Å². The fourth-order valence-corrected chi connectivity index (χ4v) is 3.43. The summed E-state index contributed by atoms with van der Waals surface area (Å²) in [6.07, 6.45) is 0. The molecule has 0 saturated carbocycles. The summed E-state index contributed by atoms with van der Waals surface area (Å²) in [5.41, 5.74) is 13.5. The lowest BCUT2D eigenvalue weighted by Crippen LogP contribution is -2.10. The Hall–Kier alpha value is -1.53. The van der Waals surface area contributed by atoms with Crippen molar-refractivity contribution in [1.29, 1.82) is 0 Å². The van der Waals surface area contributed by atoms with E-state index in [1.807, 2.05) is 19.1 Å². The number of benzene rings is 1. The summed E-state index contributed by atoms with van der Waals surface area (Å²) in [5.74, 6) is 0.418. The smallest absolute Gasteiger partial charge is 0.248 e. The maximum absolute atomic E-state index is 10.9. The van der Waals surface area contributed by atoms with Gasteiger partial charge in [-0.25, -0.2) is 4.98 Å². The maximum Gasteiger partial charge on any atom is 0.248 e. The Labute approximate surface area is 113 Å². The van der Waals surface area contributed by atoms with E-state index in [0.717, 1.165) is 21.2 Å². The number of carbonyl (C=O) groups is 1. The number of anilines is 1. The Morgan fingerprint density at radius 3 is 2.56 bits per heavy atom. The molecule has 0 saturated heterocycles. The van der Waals surface area contributed by atoms with Crippen LogP contribution in [-0.4, -0.2) is 10.9 Å². The van der Waals surface area contributed by atoms with Gasteiger partial charge in [-0.05, 0) is 24.6 Å². The molecule has 0 aliphatic carbocycles. The van der Waals surface area contributed by atoms with Crippen molar-refractivity contribution in [3.63, 3.8) is 0 Å². The molecule has 0 aliphatic heterocycles. The summed E-state index contributed by atoms with van der Waals surface area (Å²) in [7, 11) is 0. The second kappa shape index (κ2) is 5.41. The molecule has 6 heteroatoms. The molecular formula is C12H13N3OS2. The fraction of sp³-hybridized carbons (Fsp3) is 0.167. The molecule has 0 aliphatic rings. The molecule has 0 atom stereocenters. The van der Waals surface area contributed by atoms with Crippen molar-refractivity contribution in [1.82, 2.24) is 4.98 Å². The molecule has 1 amide bonds. The number of nitrogens with two attached hydrogens (primary N) is 2. The first-order valence-corrected chi connectivity index (χ1v) is 7.11. The number of aromatic nitrogens is 1. The highest BCUT2D eigenvalue weighted by atomic mass is 32.2. The number of aryl methyl sites for hydroxylation is 1. The number of rotatable bonds is 4. The molecule has 94 valence electrons. The van der Waals surface area contributed by atoms with Crippen molar-refractivity contribution >= 4 is 34.1 Å². The highest BCUT2D eigenvalue weighted by Crippen LogP contribution is 2.32. The van der Waals surface area contributed by atoms with Gasteiger partial charge in [0.05, 0.1) is 9.90 Å². The molecule has 4 nitrogen and oxygen atoms in total. The van der Waals surface area contributed by atoms with Crippen LogP contribution in [0.5, 0.6) is 0 Å². The minimum absolute atomic E-state index is 0.403. The van der Waals surface area contributed by atoms with Gasteiger partial charge in [0.25, 0.3) is 0 Å². The second-order valence-corrected chi connectivity index (χ2v) is 6.05. The molecule has 0 radical (unpaired) electrons. The largest absolute Gasteiger partial charge is 0.375 e. The van der Waals surface area contributed by atoms with E-state index in [-0.39, 0.29) is 0 Å². The standard InChI is InChI=1S/C12H13N3OS2/c1-7-11(18-12(14)15-7)17-6-8-2-4-9(5-3-8)10(13)16/h2-5H,6H2,1H3,(H2,13,16)(H2,14,15). The van der Waals surface area contributed by atoms with E-state index < -0.39 is 5.91 Å². The number of primary amides is 1. The number of nitrogens with zero attached hydrogens (tertiary/aromatic N) is 1. The number of thioether (sulfide) groups is 1. The van der Waals surface area contributed by atoms with Crippen LogP contribution >= 0.6 is 23.1 Å². The van der Waals surface area contributed by atoms with Gasteiger partial charge in [-0.3, -0.25) is 4.79 Å². The van der Waals surface area contributed by atoms with E-state index in [1.165, 1.54) is 11.3 Å². The van der Waals surface area contributed by atoms with E-state index in [2.05, 4.69) is 4.98 Å². The SMILES string of the molecule is Cc1nc(N)sc1SCc1ccc(C(N)=O)cc1. The molecule has 2 aromatic rings. The van der Waals surface area contributed by atoms with Crippen LogP contribution in [-0.2, 0) is 5.75 Å². The van der Waals surface area contributed by atoms with Gasteiger partial charge >= 0.3 is 0 Å². The van der Waals surface area contributed by atoms with Crippen molar-refractivity contribution in [2.24, 2.45) is 5.73 Å². The van der Waals surface area contributed by atoms with Gasteiger partial charge in [0, 0.05) is 11.3 Å². The van der Waals surface area contributed by atoms with Gasteiger partial charge in [0.1, 0.15) is 0 Å². The topological polar surface area (TPSA) is 82.0 Å². The zero-order chi connectivity index (χ0) is 13.1. The predicted molar refractivity (Wildman–Crippen MR) is 75.8 cm³/mol. The normalized spacial score (nSPS) is 10.5. The summed E-state index contributed by atoms with van der Waals surface area (Å²) >= 11 is 3.19. The van der Waals surface area contributed by atoms with Gasteiger partial charge in [-0.2, -0.15) is 0 Å². The van der Waals surface area contributed by atoms with Gasteiger partial charge < -0.3 is 11.5 Å². The third kappa shape index (κ3) is 3.02. The molecule has 0 unspecified atom stereocenters. The van der Waals surface area contributed by atoms with Crippen LogP contribution in [0, 0.1) is 6.92 Å². The van der Waals surface area contributed by atoms with Gasteiger partial charge in [0.15, 0.2) is 5.13 Å². The summed E-state index contributed by atoms with van der Waals surface area (Å²) in [6.45, 7) is 1.95. The lowest BCUT2D eigenvalue weighted by atomic mass is 10.1. The molecular weight excluding hydrogens is 266 g/mol. The minimum atomic E-state index is -0.403. The van der Waals surface area contributed by atoms with Crippen molar-refractivity contribution < 1.29 is 4.79 Å². The maximum atomic E-state index is 10.9. The zero-order valence-electron chi connectivity index (χ0n) is 9.84. The van der Waals surface area contributed by atoms with Gasteiger partial charge in [-0.15, -0.1) is 11.8 Å². The third-order valence-corrected chi connectivity index (χ3v) is 4.80. The number of amides is 1. The summed E-state index contributed by atoms with van der Waals surface area (Å²) in [6, 6.07) is 7.30. The Morgan fingerprint density at radius 1 is 1.39 bits per heavy atom.